The van der Waals surface area contributed by atoms with Crippen molar-refractivity contribution in [3.8, 4) is 22.3 Å². The molecular formula is C64H73BN2. The summed E-state index contributed by atoms with van der Waals surface area (Å²) in [4.78, 5) is 5.56. The molecule has 67 heavy (non-hydrogen) atoms. The Balaban J connectivity index is 1.22. The molecule has 4 aliphatic carbocycles. The molecule has 2 heterocycles. The number of anilines is 5. The summed E-state index contributed by atoms with van der Waals surface area (Å²) in [7, 11) is 0. The molecule has 0 spiro atoms. The molecule has 6 aromatic carbocycles. The van der Waals surface area contributed by atoms with E-state index in [1.165, 1.54) is 150 Å². The van der Waals surface area contributed by atoms with Crippen molar-refractivity contribution in [1.29, 1.82) is 0 Å². The quantitative estimate of drug-likeness (QED) is 0.160. The molecule has 2 nitrogen and oxygen atoms in total. The highest BCUT2D eigenvalue weighted by atomic mass is 15.2. The Morgan fingerprint density at radius 2 is 0.881 bits per heavy atom. The van der Waals surface area contributed by atoms with Crippen LogP contribution in [0.1, 0.15) is 186 Å². The minimum Gasteiger partial charge on any atom is -0.376 e. The van der Waals surface area contributed by atoms with Crippen molar-refractivity contribution < 1.29 is 0 Å². The first-order chi connectivity index (χ1) is 31.3. The molecule has 0 saturated carbocycles. The second-order valence-electron chi connectivity index (χ2n) is 26.6. The van der Waals surface area contributed by atoms with Gasteiger partial charge in [0.2, 0.25) is 0 Å². The number of aryl methyl sites for hydroxylation is 1. The zero-order valence-electron chi connectivity index (χ0n) is 43.5. The van der Waals surface area contributed by atoms with Gasteiger partial charge in [-0.15, -0.1) is 0 Å². The van der Waals surface area contributed by atoms with Gasteiger partial charge >= 0.3 is 6.85 Å². The molecule has 0 atom stereocenters. The van der Waals surface area contributed by atoms with Crippen molar-refractivity contribution in [1.82, 2.24) is 0 Å². The Hall–Kier alpha value is -5.02. The number of hydrogen-bond donors (Lipinski definition) is 0. The minimum absolute atomic E-state index is 0.0463. The van der Waals surface area contributed by atoms with Gasteiger partial charge in [-0.25, -0.2) is 0 Å². The number of hydrogen-bond acceptors (Lipinski definition) is 2. The topological polar surface area (TPSA) is 6.48 Å². The molecule has 0 radical (unpaired) electrons. The summed E-state index contributed by atoms with van der Waals surface area (Å²) in [5.41, 5.74) is 28.7. The maximum atomic E-state index is 2.83. The third-order valence-electron chi connectivity index (χ3n) is 19.2. The van der Waals surface area contributed by atoms with Gasteiger partial charge in [0.1, 0.15) is 0 Å². The van der Waals surface area contributed by atoms with Crippen molar-refractivity contribution in [2.75, 3.05) is 9.71 Å². The molecular weight excluding hydrogens is 808 g/mol. The van der Waals surface area contributed by atoms with E-state index in [0.717, 1.165) is 0 Å². The summed E-state index contributed by atoms with van der Waals surface area (Å²) in [5.74, 6) is 0. The van der Waals surface area contributed by atoms with Crippen LogP contribution in [0.25, 0.3) is 22.3 Å². The average Bonchev–Trinajstić information content (AvgIpc) is 3.50. The number of nitrogens with zero attached hydrogens (tertiary/aromatic N) is 2. The second-order valence-corrected chi connectivity index (χ2v) is 26.6. The third kappa shape index (κ3) is 5.88. The van der Waals surface area contributed by atoms with Gasteiger partial charge in [0.25, 0.3) is 0 Å². The molecule has 0 saturated heterocycles. The minimum atomic E-state index is -0.140. The fraction of sp³-hybridized carbons (Fsp3) is 0.438. The van der Waals surface area contributed by atoms with E-state index >= 15 is 0 Å². The van der Waals surface area contributed by atoms with Gasteiger partial charge in [0.15, 0.2) is 0 Å². The lowest BCUT2D eigenvalue weighted by Crippen LogP contribution is -2.62. The first-order valence-corrected chi connectivity index (χ1v) is 25.8. The molecule has 0 bridgehead atoms. The molecule has 6 aliphatic rings. The van der Waals surface area contributed by atoms with Crippen LogP contribution < -0.4 is 20.6 Å². The molecule has 3 heteroatoms. The third-order valence-corrected chi connectivity index (χ3v) is 19.2. The SMILES string of the molecule is Cc1cc2c(cc1N1c3cc4c(cc3B3c5c(cccc51)-c1cc5c(cc1N3c1ccc3c(c1)C(C)(C)CCC3(C)C)C(C)(C)CCC5(C)C)-c1ccccc1C4(C)C)C(C)(C)CCC2(C)C. The Morgan fingerprint density at radius 1 is 0.373 bits per heavy atom. The maximum Gasteiger partial charge on any atom is 0.333 e. The van der Waals surface area contributed by atoms with Crippen LogP contribution in [0.15, 0.2) is 97.1 Å². The van der Waals surface area contributed by atoms with Gasteiger partial charge in [0.05, 0.1) is 0 Å². The molecule has 342 valence electrons. The van der Waals surface area contributed by atoms with Crippen molar-refractivity contribution in [3.63, 3.8) is 0 Å². The fourth-order valence-electron chi connectivity index (χ4n) is 14.4. The summed E-state index contributed by atoms with van der Waals surface area (Å²) < 4.78 is 0. The van der Waals surface area contributed by atoms with E-state index in [0.29, 0.717) is 0 Å². The standard InChI is InChI=1S/C64H73BN2/c1-38-31-47-50(62(10,11)29-27-59(47,4)5)36-54(38)66-53-22-18-20-41-43-33-49-51(63(12,13)30-28-61(49,8)9)37-55(43)67(39-23-24-45-48(32-39)60(6,7)26-25-58(45,2)3)65(57(41)53)52-34-42-40-19-16-17-21-44(40)64(14,15)46(42)35-56(52)66/h16-24,31-37H,25-30H2,1-15H3. The summed E-state index contributed by atoms with van der Waals surface area (Å²) in [5, 5.41) is 0. The Morgan fingerprint density at radius 3 is 1.51 bits per heavy atom. The number of rotatable bonds is 2. The molecule has 0 aromatic heterocycles. The first-order valence-electron chi connectivity index (χ1n) is 25.8. The summed E-state index contributed by atoms with van der Waals surface area (Å²) in [6.07, 6.45) is 7.16. The molecule has 0 unspecified atom stereocenters. The lowest BCUT2D eigenvalue weighted by Gasteiger charge is -2.49. The van der Waals surface area contributed by atoms with E-state index in [2.05, 4.69) is 211 Å². The molecule has 0 amide bonds. The predicted molar refractivity (Wildman–Crippen MR) is 288 cm³/mol. The Bertz CT molecular complexity index is 3150. The molecule has 12 rings (SSSR count). The number of fused-ring (bicyclic) bond motifs is 10. The van der Waals surface area contributed by atoms with Crippen LogP contribution in [-0.4, -0.2) is 6.85 Å². The lowest BCUT2D eigenvalue weighted by molar-refractivity contribution is 0.332. The summed E-state index contributed by atoms with van der Waals surface area (Å²) >= 11 is 0. The average molecular weight is 881 g/mol. The van der Waals surface area contributed by atoms with Crippen molar-refractivity contribution in [2.45, 2.75) is 180 Å². The van der Waals surface area contributed by atoms with Gasteiger partial charge in [-0.2, -0.15) is 0 Å². The summed E-state index contributed by atoms with van der Waals surface area (Å²) in [6.45, 7) is 37.0. The van der Waals surface area contributed by atoms with Crippen molar-refractivity contribution in [2.24, 2.45) is 0 Å². The van der Waals surface area contributed by atoms with E-state index in [-0.39, 0.29) is 44.8 Å². The number of benzene rings is 6. The van der Waals surface area contributed by atoms with Crippen LogP contribution in [0.3, 0.4) is 0 Å². The predicted octanol–water partition coefficient (Wildman–Crippen LogP) is 16.1. The van der Waals surface area contributed by atoms with Crippen LogP contribution in [0.2, 0.25) is 0 Å². The second kappa shape index (κ2) is 13.4. The molecule has 6 aromatic rings. The Labute approximate surface area is 403 Å². The highest BCUT2D eigenvalue weighted by Crippen LogP contribution is 2.57. The molecule has 2 aliphatic heterocycles. The molecule has 0 N–H and O–H groups in total. The summed E-state index contributed by atoms with van der Waals surface area (Å²) in [6, 6.07) is 40.0. The zero-order valence-corrected chi connectivity index (χ0v) is 43.5. The largest absolute Gasteiger partial charge is 0.376 e. The van der Waals surface area contributed by atoms with E-state index in [1.54, 1.807) is 0 Å². The van der Waals surface area contributed by atoms with Crippen LogP contribution in [0, 0.1) is 6.92 Å². The smallest absolute Gasteiger partial charge is 0.333 e. The van der Waals surface area contributed by atoms with Crippen LogP contribution in [-0.2, 0) is 37.9 Å². The van der Waals surface area contributed by atoms with Crippen molar-refractivity contribution in [3.05, 3.63) is 147 Å². The van der Waals surface area contributed by atoms with E-state index in [4.69, 9.17) is 0 Å². The van der Waals surface area contributed by atoms with Crippen LogP contribution in [0.4, 0.5) is 28.4 Å². The highest BCUT2D eigenvalue weighted by molar-refractivity contribution is 6.93. The van der Waals surface area contributed by atoms with E-state index < -0.39 is 0 Å². The van der Waals surface area contributed by atoms with Crippen molar-refractivity contribution >= 4 is 46.2 Å². The van der Waals surface area contributed by atoms with Gasteiger partial charge < -0.3 is 9.71 Å². The normalized spacial score (nSPS) is 21.7. The lowest BCUT2D eigenvalue weighted by atomic mass is 9.43. The first kappa shape index (κ1) is 43.3. The van der Waals surface area contributed by atoms with Gasteiger partial charge in [-0.3, -0.25) is 0 Å². The molecule has 0 fully saturated rings. The van der Waals surface area contributed by atoms with Gasteiger partial charge in [-0.05, 0) is 198 Å². The van der Waals surface area contributed by atoms with E-state index in [9.17, 15) is 0 Å². The van der Waals surface area contributed by atoms with Gasteiger partial charge in [-0.1, -0.05) is 152 Å². The Kier molecular flexibility index (Phi) is 8.65. The van der Waals surface area contributed by atoms with Gasteiger partial charge in [0, 0.05) is 39.4 Å². The zero-order chi connectivity index (χ0) is 47.3. The fourth-order valence-corrected chi connectivity index (χ4v) is 14.4. The van der Waals surface area contributed by atoms with Crippen LogP contribution in [0.5, 0.6) is 0 Å². The van der Waals surface area contributed by atoms with Crippen LogP contribution >= 0.6 is 0 Å². The highest BCUT2D eigenvalue weighted by Gasteiger charge is 2.50. The maximum absolute atomic E-state index is 2.83. The monoisotopic (exact) mass is 881 g/mol. The van der Waals surface area contributed by atoms with E-state index in [1.807, 2.05) is 0 Å².